The number of hydrogen-bond acceptors (Lipinski definition) is 11. The number of anilines is 4. The van der Waals surface area contributed by atoms with Gasteiger partial charge < -0.3 is 20.3 Å². The number of amides is 3. The lowest BCUT2D eigenvalue weighted by molar-refractivity contribution is -0.125. The van der Waals surface area contributed by atoms with Crippen molar-refractivity contribution in [2.45, 2.75) is 91.8 Å². The molecule has 14 nitrogen and oxygen atoms in total. The molecule has 63 heavy (non-hydrogen) atoms. The molecule has 334 valence electrons. The molecule has 16 heteroatoms. The lowest BCUT2D eigenvalue weighted by atomic mass is 10.1. The van der Waals surface area contributed by atoms with Gasteiger partial charge in [0.1, 0.15) is 26.8 Å². The van der Waals surface area contributed by atoms with Gasteiger partial charge in [-0.1, -0.05) is 60.7 Å². The van der Waals surface area contributed by atoms with E-state index in [1.54, 1.807) is 141 Å². The second kappa shape index (κ2) is 17.6. The second-order valence-electron chi connectivity index (χ2n) is 18.3. The van der Waals surface area contributed by atoms with Crippen LogP contribution in [0.4, 0.5) is 27.5 Å². The minimum absolute atomic E-state index is 0.0200. The molecule has 1 saturated heterocycles. The van der Waals surface area contributed by atoms with Crippen LogP contribution in [0, 0.1) is 0 Å². The number of rotatable bonds is 8. The molecule has 3 amide bonds. The fraction of sp³-hybridized carbons (Fsp3) is 0.340. The van der Waals surface area contributed by atoms with E-state index in [2.05, 4.69) is 20.9 Å². The van der Waals surface area contributed by atoms with Crippen molar-refractivity contribution in [2.75, 3.05) is 33.9 Å². The molecule has 0 bridgehead atoms. The molecule has 0 radical (unpaired) electrons. The van der Waals surface area contributed by atoms with Gasteiger partial charge in [0.05, 0.1) is 11.1 Å². The molecule has 0 unspecified atom stereocenters. The molecule has 3 heterocycles. The van der Waals surface area contributed by atoms with Gasteiger partial charge in [0.15, 0.2) is 0 Å². The summed E-state index contributed by atoms with van der Waals surface area (Å²) in [5.41, 5.74) is 1.34. The molecule has 4 aromatic carbocycles. The summed E-state index contributed by atoms with van der Waals surface area (Å²) in [4.78, 5) is 40.7. The zero-order valence-electron chi connectivity index (χ0n) is 37.1. The summed E-state index contributed by atoms with van der Waals surface area (Å²) in [5.74, 6) is -1.16. The third kappa shape index (κ3) is 10.2. The number of carbonyl (C=O) groups excluding carboxylic acids is 3. The van der Waals surface area contributed by atoms with Crippen LogP contribution in [0.25, 0.3) is 9.81 Å². The van der Waals surface area contributed by atoms with Crippen LogP contribution in [0.15, 0.2) is 121 Å². The highest BCUT2D eigenvalue weighted by molar-refractivity contribution is 8.00. The Balaban J connectivity index is 0.000000210. The van der Waals surface area contributed by atoms with Crippen molar-refractivity contribution in [1.82, 2.24) is 8.61 Å². The second-order valence-corrected chi connectivity index (χ2v) is 21.8. The largest absolute Gasteiger partial charge is 0.444 e. The fourth-order valence-corrected chi connectivity index (χ4v) is 11.5. The van der Waals surface area contributed by atoms with Gasteiger partial charge in [-0.05, 0) is 135 Å². The van der Waals surface area contributed by atoms with Crippen LogP contribution in [0.3, 0.4) is 0 Å². The number of sulfonamides is 2. The average Bonchev–Trinajstić information content (AvgIpc) is 3.84. The summed E-state index contributed by atoms with van der Waals surface area (Å²) >= 11 is 0. The van der Waals surface area contributed by atoms with Crippen LogP contribution in [0.5, 0.6) is 0 Å². The molecule has 3 N–H and O–H groups in total. The van der Waals surface area contributed by atoms with Gasteiger partial charge in [-0.3, -0.25) is 14.9 Å². The summed E-state index contributed by atoms with van der Waals surface area (Å²) in [5, 5.41) is 8.72. The maximum Gasteiger partial charge on any atom is 0.412 e. The van der Waals surface area contributed by atoms with E-state index in [1.165, 1.54) is 12.8 Å². The molecule has 1 fully saturated rings. The molecule has 0 aliphatic carbocycles. The number of nitrogens with zero attached hydrogens (tertiary/aromatic N) is 3. The van der Waals surface area contributed by atoms with E-state index in [0.29, 0.717) is 28.2 Å². The number of hydrogen-bond donors (Lipinski definition) is 3. The fourth-order valence-electron chi connectivity index (χ4n) is 7.45. The van der Waals surface area contributed by atoms with Crippen molar-refractivity contribution in [3.8, 4) is 0 Å². The first-order valence-electron chi connectivity index (χ1n) is 20.7. The maximum absolute atomic E-state index is 13.4. The number of carbonyl (C=O) groups is 3. The Morgan fingerprint density at radius 1 is 0.540 bits per heavy atom. The van der Waals surface area contributed by atoms with E-state index < -0.39 is 54.6 Å². The zero-order chi connectivity index (χ0) is 46.1. The van der Waals surface area contributed by atoms with E-state index in [1.807, 2.05) is 30.3 Å². The normalized spacial score (nSPS) is 17.4. The highest BCUT2D eigenvalue weighted by atomic mass is 32.2. The highest BCUT2D eigenvalue weighted by Crippen LogP contribution is 2.41. The maximum atomic E-state index is 13.4. The minimum Gasteiger partial charge on any atom is -0.444 e. The molecule has 0 atom stereocenters. The predicted octanol–water partition coefficient (Wildman–Crippen LogP) is 8.82. The Kier molecular flexibility index (Phi) is 12.9. The molecule has 4 aromatic rings. The third-order valence-electron chi connectivity index (χ3n) is 9.95. The Morgan fingerprint density at radius 3 is 1.27 bits per heavy atom. The van der Waals surface area contributed by atoms with Gasteiger partial charge in [-0.15, -0.1) is 0 Å². The summed E-state index contributed by atoms with van der Waals surface area (Å²) in [7, 11) is -8.06. The van der Waals surface area contributed by atoms with E-state index in [0.717, 1.165) is 27.4 Å². The number of nitrogens with one attached hydrogen (secondary N) is 3. The molecular formula is C47H56N6O8S2. The molecule has 0 spiro atoms. The number of ether oxygens (including phenoxy) is 1. The van der Waals surface area contributed by atoms with Gasteiger partial charge in [0.2, 0.25) is 0 Å². The molecule has 3 aliphatic heterocycles. The van der Waals surface area contributed by atoms with Crippen LogP contribution < -0.4 is 20.9 Å². The molecule has 0 aromatic heterocycles. The standard InChI is InChI=1S/C24H29N3O5S.C23H27N3O3S/c1-23(2,3)27-21(28)19(20(33(27,30)31)16-10-8-7-9-11-16)25-17-12-14-18(15-13-17)26-22(29)32-24(4,5)6;1-23(2,3)26-22(27)20(21(30(26,28)29)17-9-5-4-6-10-17)24-18-11-13-19(14-12-18)25-15-7-8-16-25/h7-15,25H,1-6H3,(H,26,29);4-6,9-14,24H,7-8,15-16H2,1-3H3. The predicted molar refractivity (Wildman–Crippen MR) is 249 cm³/mol. The van der Waals surface area contributed by atoms with E-state index in [9.17, 15) is 31.2 Å². The highest BCUT2D eigenvalue weighted by Gasteiger charge is 2.50. The van der Waals surface area contributed by atoms with Crippen molar-refractivity contribution in [1.29, 1.82) is 0 Å². The average molecular weight is 897 g/mol. The summed E-state index contributed by atoms with van der Waals surface area (Å²) in [6.45, 7) is 17.6. The molecule has 0 saturated carbocycles. The van der Waals surface area contributed by atoms with Gasteiger partial charge >= 0.3 is 6.09 Å². The smallest absolute Gasteiger partial charge is 0.412 e. The number of benzene rings is 4. The van der Waals surface area contributed by atoms with Gasteiger partial charge in [0.25, 0.3) is 31.9 Å². The van der Waals surface area contributed by atoms with Gasteiger partial charge in [-0.25, -0.2) is 30.2 Å². The first kappa shape index (κ1) is 46.4. The zero-order valence-corrected chi connectivity index (χ0v) is 38.8. The van der Waals surface area contributed by atoms with Crippen LogP contribution in [-0.2, 0) is 34.4 Å². The lowest BCUT2D eigenvalue weighted by Crippen LogP contribution is -2.46. The van der Waals surface area contributed by atoms with Gasteiger partial charge in [-0.2, -0.15) is 0 Å². The van der Waals surface area contributed by atoms with Gasteiger partial charge in [0, 0.05) is 35.8 Å². The first-order chi connectivity index (χ1) is 29.4. The van der Waals surface area contributed by atoms with E-state index >= 15 is 0 Å². The minimum atomic E-state index is -4.07. The van der Waals surface area contributed by atoms with Crippen molar-refractivity contribution >= 4 is 70.5 Å². The van der Waals surface area contributed by atoms with Crippen LogP contribution >= 0.6 is 0 Å². The van der Waals surface area contributed by atoms with E-state index in [4.69, 9.17) is 4.74 Å². The molecule has 3 aliphatic rings. The topological polar surface area (TPSA) is 175 Å². The summed E-state index contributed by atoms with van der Waals surface area (Å²) in [6, 6.07) is 31.6. The SMILES string of the molecule is CC(C)(C)N1C(=O)C(Nc2ccc(N3CCCC3)cc2)=C(c2ccccc2)S1(=O)=O.CC(C)(C)OC(=O)Nc1ccc(NC2=C(c3ccccc3)S(=O)(=O)N(C(C)(C)C)C2=O)cc1. The van der Waals surface area contributed by atoms with Crippen molar-refractivity contribution < 1.29 is 36.0 Å². The van der Waals surface area contributed by atoms with Crippen molar-refractivity contribution in [3.63, 3.8) is 0 Å². The monoisotopic (exact) mass is 896 g/mol. The quantitative estimate of drug-likeness (QED) is 0.154. The van der Waals surface area contributed by atoms with E-state index in [-0.39, 0.29) is 21.2 Å². The molecular weight excluding hydrogens is 841 g/mol. The summed E-state index contributed by atoms with van der Waals surface area (Å²) < 4.78 is 60.6. The van der Waals surface area contributed by atoms with Crippen LogP contribution in [-0.4, -0.2) is 73.1 Å². The van der Waals surface area contributed by atoms with Crippen molar-refractivity contribution in [3.05, 3.63) is 132 Å². The Bertz CT molecular complexity index is 2640. The molecule has 7 rings (SSSR count). The van der Waals surface area contributed by atoms with Crippen molar-refractivity contribution in [2.24, 2.45) is 0 Å². The third-order valence-corrected chi connectivity index (χ3v) is 14.2. The Labute approximate surface area is 371 Å². The summed E-state index contributed by atoms with van der Waals surface area (Å²) in [6.07, 6.45) is 1.81. The lowest BCUT2D eigenvalue weighted by Gasteiger charge is -2.30. The Hall–Kier alpha value is -6.13. The van der Waals surface area contributed by atoms with Crippen LogP contribution in [0.1, 0.15) is 86.3 Å². The Morgan fingerprint density at radius 2 is 0.905 bits per heavy atom. The first-order valence-corrected chi connectivity index (χ1v) is 23.6. The van der Waals surface area contributed by atoms with Crippen LogP contribution in [0.2, 0.25) is 0 Å².